The maximum atomic E-state index is 14.9. The normalized spacial score (nSPS) is 20.1. The fraction of sp³-hybridized carbons (Fsp3) is 0.299. The predicted molar refractivity (Wildman–Crippen MR) is 529 cm³/mol. The lowest BCUT2D eigenvalue weighted by molar-refractivity contribution is 0.0987. The molecule has 0 saturated carbocycles. The van der Waals surface area contributed by atoms with Gasteiger partial charge < -0.3 is 105 Å². The van der Waals surface area contributed by atoms with Gasteiger partial charge in [-0.1, -0.05) is 31.6 Å². The Morgan fingerprint density at radius 2 is 0.617 bits per heavy atom. The second-order valence-electron chi connectivity index (χ2n) is 34.7. The van der Waals surface area contributed by atoms with Gasteiger partial charge in [0.25, 0.3) is 29.5 Å². The Morgan fingerprint density at radius 3 is 0.887 bits per heavy atom. The quantitative estimate of drug-likeness (QED) is 0.0333. The van der Waals surface area contributed by atoms with E-state index in [1.54, 1.807) is 86.0 Å². The second kappa shape index (κ2) is 41.9. The number of halogens is 2. The molecule has 20 N–H and O–H groups in total. The van der Waals surface area contributed by atoms with Crippen LogP contribution in [0.4, 0.5) is 66.3 Å². The van der Waals surface area contributed by atoms with E-state index in [9.17, 15) is 32.8 Å². The van der Waals surface area contributed by atoms with Crippen LogP contribution in [-0.2, 0) is 0 Å². The Balaban J connectivity index is 0.000000121. The van der Waals surface area contributed by atoms with E-state index in [1.807, 2.05) is 64.4 Å². The highest BCUT2D eigenvalue weighted by Gasteiger charge is 2.43. The van der Waals surface area contributed by atoms with Gasteiger partial charge in [0, 0.05) is 163 Å². The number of nitrogens with two attached hydrogens (primary N) is 5. The van der Waals surface area contributed by atoms with Crippen molar-refractivity contribution in [2.24, 2.45) is 40.5 Å². The molecule has 0 spiro atoms. The van der Waals surface area contributed by atoms with E-state index in [4.69, 9.17) is 60.8 Å². The fourth-order valence-electron chi connectivity index (χ4n) is 18.6. The van der Waals surface area contributed by atoms with Crippen LogP contribution in [0.1, 0.15) is 146 Å². The van der Waals surface area contributed by atoms with Crippen LogP contribution in [0.2, 0.25) is 0 Å². The maximum absolute atomic E-state index is 14.9. The summed E-state index contributed by atoms with van der Waals surface area (Å²) in [5, 5.41) is 76.6. The molecule has 6 saturated heterocycles. The van der Waals surface area contributed by atoms with Gasteiger partial charge in [0.05, 0.1) is 53.6 Å². The van der Waals surface area contributed by atoms with E-state index in [2.05, 4.69) is 196 Å². The van der Waals surface area contributed by atoms with Crippen LogP contribution < -0.4 is 79.8 Å². The standard InChI is InChI=1S/C20H20N8O.2C20H21N7O.C19H18FN7O.C18H17FN8O/c1-2-11-3-6-16(25-24-11)28-13-4-5-14(28)10-12(9-13)23-17-15-7-8-22-20(15)27-26-18(17)19(21)29;2*1-3-13-4-5-16(23-10-13)27-9-7-15(12(2)11-27)24-17-14-6-8-22-20(14)26-25-18(17)19(21)28;1-2-11-3-4-15(23-9-11)27-8-6-14(13(20)10-27)24-16-12-5-7-22-19(12)26-25-17(16)18(21)28;1-2-10-3-4-14(24-23-10)27-8-6-13(12(19)9-27)22-15-11-5-7-21-18(11)26-25-16(15)17(20)28/h1,3,6-8,12-14H,4-5,9-10H2,(H2,21,29)(H2,22,23,27);2*1,4-6,8,10,12,15H,7,9,11H2,2H3,(H2,21,28)(H2,22,24,26);1,3-5,7,9,13-14H,6,8,10H2,(H2,21,28)(H2,22,24,26);1,3-5,7,12-13H,6,8-9H2,(H2,20,28)(H2,21,22,26)/t12?,13-,14+;2*12-,15+;13-,14+;12-,13+/m.1000/s1. The summed E-state index contributed by atoms with van der Waals surface area (Å²) in [6, 6.07) is 27.8. The number of primary amides is 5. The van der Waals surface area contributed by atoms with Gasteiger partial charge in [-0.15, -0.1) is 103 Å². The number of hydrogen-bond acceptors (Lipinski definition) is 32. The predicted octanol–water partition coefficient (Wildman–Crippen LogP) is 7.28. The molecule has 6 aliphatic rings. The molecule has 2 bridgehead atoms. The van der Waals surface area contributed by atoms with Crippen molar-refractivity contribution in [1.82, 2.24) is 111 Å². The van der Waals surface area contributed by atoms with Crippen LogP contribution in [-0.4, -0.2) is 248 Å². The number of aromatic nitrogens is 22. The molecule has 0 aliphatic carbocycles. The Morgan fingerprint density at radius 1 is 0.333 bits per heavy atom. The van der Waals surface area contributed by atoms with E-state index >= 15 is 0 Å². The molecule has 714 valence electrons. The first-order chi connectivity index (χ1) is 68.4. The van der Waals surface area contributed by atoms with Crippen molar-refractivity contribution >= 4 is 142 Å². The SMILES string of the molecule is C#Cc1ccc(N2CC[C@@H](Nc3c(C(N)=O)nnc4[nH]ccc34)[C@@H](C)C2)nc1.C#Cc1ccc(N2CC[C@@H](Nc3c(C(N)=O)nnc4[nH]ccc34)[C@@H](F)C2)nc1.C#Cc1ccc(N2CC[C@@H](Nc3c(C(N)=O)nnc4[nH]ccc34)[C@@H](F)C2)nn1.C#Cc1ccc(N2CC[C@H](Nc3c(C(N)=O)nnc4[nH]ccc34)[C@H](C)C2)nc1.C#Cc1ccc(N2[C@@H]3CC[C@H]2CC(Nc2c(C(N)=O)nnc4[nH]ccc24)C3)nn1. The molecule has 44 heteroatoms. The third kappa shape index (κ3) is 20.8. The molecule has 6 fully saturated rings. The minimum Gasteiger partial charge on any atom is -0.380 e. The van der Waals surface area contributed by atoms with Crippen molar-refractivity contribution in [3.63, 3.8) is 0 Å². The van der Waals surface area contributed by atoms with Crippen molar-refractivity contribution in [3.05, 3.63) is 197 Å². The van der Waals surface area contributed by atoms with Crippen LogP contribution >= 0.6 is 0 Å². The average molecular weight is 1900 g/mol. The number of pyridine rings is 3. The number of H-pyrrole nitrogens is 5. The highest BCUT2D eigenvalue weighted by Crippen LogP contribution is 2.42. The number of hydrogen-bond donors (Lipinski definition) is 15. The van der Waals surface area contributed by atoms with Crippen LogP contribution in [0.15, 0.2) is 141 Å². The Hall–Kier alpha value is -18.3. The number of amides is 5. The van der Waals surface area contributed by atoms with Crippen LogP contribution in [0, 0.1) is 73.6 Å². The number of nitrogens with one attached hydrogen (secondary N) is 10. The monoisotopic (exact) mass is 1900 g/mol. The molecule has 141 heavy (non-hydrogen) atoms. The average Bonchev–Trinajstić information content (AvgIpc) is 1.74. The molecule has 15 aromatic rings. The van der Waals surface area contributed by atoms with Crippen molar-refractivity contribution in [3.8, 4) is 61.7 Å². The van der Waals surface area contributed by atoms with Gasteiger partial charge in [-0.25, -0.2) is 23.7 Å². The number of terminal acetylenes is 5. The first kappa shape index (κ1) is 94.5. The number of rotatable bonds is 20. The van der Waals surface area contributed by atoms with Gasteiger partial charge in [-0.05, 0) is 166 Å². The van der Waals surface area contributed by atoms with Crippen LogP contribution in [0.5, 0.6) is 0 Å². The van der Waals surface area contributed by atoms with Crippen LogP contribution in [0.25, 0.3) is 55.2 Å². The molecule has 11 atom stereocenters. The zero-order valence-corrected chi connectivity index (χ0v) is 76.4. The summed E-state index contributed by atoms with van der Waals surface area (Å²) in [5.41, 5.74) is 36.6. The first-order valence-corrected chi connectivity index (χ1v) is 45.4. The Bertz CT molecular complexity index is 6640. The first-order valence-electron chi connectivity index (χ1n) is 45.4. The molecule has 0 aromatic carbocycles. The number of fused-ring (bicyclic) bond motifs is 7. The molecule has 21 heterocycles. The highest BCUT2D eigenvalue weighted by atomic mass is 19.1. The number of carbonyl (C=O) groups is 5. The molecule has 0 radical (unpaired) electrons. The molecule has 1 unspecified atom stereocenters. The maximum Gasteiger partial charge on any atom is 0.271 e. The van der Waals surface area contributed by atoms with Crippen molar-refractivity contribution in [1.29, 1.82) is 0 Å². The van der Waals surface area contributed by atoms with Gasteiger partial charge in [0.1, 0.15) is 41.2 Å². The molecule has 42 nitrogen and oxygen atoms in total. The summed E-state index contributed by atoms with van der Waals surface area (Å²) in [5.74, 6) is 13.9. The summed E-state index contributed by atoms with van der Waals surface area (Å²) in [4.78, 5) is 97.7. The zero-order chi connectivity index (χ0) is 98.6. The highest BCUT2D eigenvalue weighted by molar-refractivity contribution is 6.08. The number of piperidine rings is 5. The molecular formula is C97H97F2N37O5. The topological polar surface area (TPSA) is 590 Å². The lowest BCUT2D eigenvalue weighted by Crippen LogP contribution is -2.48. The minimum atomic E-state index is -1.22. The van der Waals surface area contributed by atoms with E-state index in [0.717, 1.165) is 109 Å². The van der Waals surface area contributed by atoms with Crippen LogP contribution in [0.3, 0.4) is 0 Å². The van der Waals surface area contributed by atoms with Crippen molar-refractivity contribution in [2.45, 2.75) is 120 Å². The van der Waals surface area contributed by atoms with Crippen molar-refractivity contribution in [2.75, 3.05) is 103 Å². The van der Waals surface area contributed by atoms with Gasteiger partial charge >= 0.3 is 0 Å². The Kier molecular flexibility index (Phi) is 28.1. The lowest BCUT2D eigenvalue weighted by Gasteiger charge is -2.40. The summed E-state index contributed by atoms with van der Waals surface area (Å²) in [7, 11) is 0. The van der Waals surface area contributed by atoms with E-state index in [-0.39, 0.29) is 59.7 Å². The number of nitrogens with zero attached hydrogens (tertiary/aromatic N) is 22. The molecule has 6 aliphatic heterocycles. The summed E-state index contributed by atoms with van der Waals surface area (Å²) < 4.78 is 29.9. The lowest BCUT2D eigenvalue weighted by atomic mass is 9.93. The largest absolute Gasteiger partial charge is 0.380 e. The van der Waals surface area contributed by atoms with Gasteiger partial charge in [0.2, 0.25) is 0 Å². The summed E-state index contributed by atoms with van der Waals surface area (Å²) >= 11 is 0. The molecular weight excluding hydrogens is 1800 g/mol. The number of carbonyl (C=O) groups excluding carboxylic acids is 5. The third-order valence-corrected chi connectivity index (χ3v) is 25.8. The van der Waals surface area contributed by atoms with Crippen molar-refractivity contribution < 1.29 is 32.8 Å². The van der Waals surface area contributed by atoms with E-state index in [0.29, 0.717) is 146 Å². The molecule has 21 rings (SSSR count). The zero-order valence-electron chi connectivity index (χ0n) is 76.4. The van der Waals surface area contributed by atoms with Gasteiger partial charge in [-0.3, -0.25) is 24.0 Å². The smallest absolute Gasteiger partial charge is 0.271 e. The van der Waals surface area contributed by atoms with E-state index in [1.165, 1.54) is 0 Å². The molecule has 15 aromatic heterocycles. The van der Waals surface area contributed by atoms with Gasteiger partial charge in [-0.2, -0.15) is 0 Å². The second-order valence-corrected chi connectivity index (χ2v) is 34.7. The minimum absolute atomic E-state index is 0.00623. The van der Waals surface area contributed by atoms with Gasteiger partial charge in [0.15, 0.2) is 68.3 Å². The Labute approximate surface area is 804 Å². The molecule has 5 amide bonds. The number of alkyl halides is 2. The number of anilines is 10. The number of aromatic amines is 5. The summed E-state index contributed by atoms with van der Waals surface area (Å²) in [6.45, 7) is 9.14. The summed E-state index contributed by atoms with van der Waals surface area (Å²) in [6.07, 6.45) is 44.9. The van der Waals surface area contributed by atoms with E-state index < -0.39 is 54.0 Å². The third-order valence-electron chi connectivity index (χ3n) is 25.8. The fourth-order valence-corrected chi connectivity index (χ4v) is 18.6.